The molecule has 0 aliphatic rings. The Balaban J connectivity index is -0.00000000900. The van der Waals surface area contributed by atoms with Crippen LogP contribution in [0.1, 0.15) is 0 Å². The fourth-order valence-electron chi connectivity index (χ4n) is 0. The molecule has 0 aliphatic carbocycles. The van der Waals surface area contributed by atoms with Crippen molar-refractivity contribution < 1.29 is 46.5 Å². The van der Waals surface area contributed by atoms with E-state index in [4.69, 9.17) is 10.0 Å². The van der Waals surface area contributed by atoms with E-state index in [1.807, 2.05) is 0 Å². The second-order valence-electron chi connectivity index (χ2n) is 0. The van der Waals surface area contributed by atoms with Crippen LogP contribution in [0.3, 0.4) is 0 Å². The quantitative estimate of drug-likeness (QED) is 0.425. The summed E-state index contributed by atoms with van der Waals surface area (Å²) in [6.07, 6.45) is 0. The Morgan fingerprint density at radius 3 is 0.857 bits per heavy atom. The van der Waals surface area contributed by atoms with Crippen LogP contribution in [0.4, 0.5) is 0 Å². The van der Waals surface area contributed by atoms with Crippen molar-refractivity contribution in [3.63, 3.8) is 0 Å². The van der Waals surface area contributed by atoms with Gasteiger partial charge in [-0.3, -0.25) is 0 Å². The standard InChI is InChI=1S/2In.3O.2Zn.4H. The van der Waals surface area contributed by atoms with E-state index in [0.717, 1.165) is 0 Å². The van der Waals surface area contributed by atoms with Gasteiger partial charge >= 0.3 is 96.7 Å². The van der Waals surface area contributed by atoms with Crippen molar-refractivity contribution in [2.24, 2.45) is 0 Å². The fraction of sp³-hybridized carbons (Fsp3) is 0. The molecule has 0 N–H and O–H groups in total. The van der Waals surface area contributed by atoms with Gasteiger partial charge in [0.2, 0.25) is 0 Å². The van der Waals surface area contributed by atoms with Gasteiger partial charge in [0, 0.05) is 0 Å². The molecule has 0 aromatic heterocycles. The maximum absolute atomic E-state index is 8.42. The Labute approximate surface area is 95.1 Å². The van der Waals surface area contributed by atoms with Crippen LogP contribution in [0, 0.1) is 0 Å². The minimum absolute atomic E-state index is 0. The third kappa shape index (κ3) is 60.0. The summed E-state index contributed by atoms with van der Waals surface area (Å²) in [4.78, 5) is 0. The van der Waals surface area contributed by atoms with Crippen LogP contribution < -0.4 is 0 Å². The SMILES string of the molecule is [InH3].[O]=[InH].[O]=[Zn].[O]=[Zn]. The van der Waals surface area contributed by atoms with Crippen molar-refractivity contribution in [2.75, 3.05) is 0 Å². The number of rotatable bonds is 0. The molecule has 32 valence electrons. The summed E-state index contributed by atoms with van der Waals surface area (Å²) in [5.41, 5.74) is 0. The average molecular weight is 412 g/mol. The second kappa shape index (κ2) is 80.3. The molecule has 0 saturated heterocycles. The van der Waals surface area contributed by atoms with E-state index in [9.17, 15) is 0 Å². The molecule has 0 amide bonds. The first-order valence-corrected chi connectivity index (χ1v) is 4.94. The molecule has 3 nitrogen and oxygen atoms in total. The first-order chi connectivity index (χ1) is 3.00. The van der Waals surface area contributed by atoms with Crippen LogP contribution in [-0.4, -0.2) is 50.2 Å². The van der Waals surface area contributed by atoms with Crippen molar-refractivity contribution >= 4 is 50.2 Å². The van der Waals surface area contributed by atoms with Crippen molar-refractivity contribution in [3.05, 3.63) is 0 Å². The monoisotopic (exact) mass is 410 g/mol. The van der Waals surface area contributed by atoms with Gasteiger partial charge in [0.05, 0.1) is 0 Å². The molecule has 0 bridgehead atoms. The summed E-state index contributed by atoms with van der Waals surface area (Å²) in [5, 5.41) is 0. The Bertz CT molecular complexity index is 15.7. The van der Waals surface area contributed by atoms with Gasteiger partial charge < -0.3 is 0 Å². The molecule has 0 rings (SSSR count). The molecule has 7 heavy (non-hydrogen) atoms. The van der Waals surface area contributed by atoms with Crippen LogP contribution in [0.2, 0.25) is 0 Å². The zero-order chi connectivity index (χ0) is 6.00. The van der Waals surface area contributed by atoms with E-state index in [0.29, 0.717) is 0 Å². The first kappa shape index (κ1) is 22.8. The normalized spacial score (nSPS) is 2.14. The predicted octanol–water partition coefficient (Wildman–Crippen LogP) is -2.19. The predicted molar refractivity (Wildman–Crippen MR) is 19.1 cm³/mol. The third-order valence-corrected chi connectivity index (χ3v) is 0. The van der Waals surface area contributed by atoms with E-state index < -0.39 is 0 Å². The molecule has 0 saturated carbocycles. The second-order valence-corrected chi connectivity index (χ2v) is 0. The molecule has 0 unspecified atom stereocenters. The van der Waals surface area contributed by atoms with Gasteiger partial charge in [-0.05, 0) is 0 Å². The molecule has 7 heteroatoms. The van der Waals surface area contributed by atoms with Gasteiger partial charge in [-0.1, -0.05) is 0 Å². The Kier molecular flexibility index (Phi) is 261. The van der Waals surface area contributed by atoms with E-state index in [-0.39, 0.29) is 86.7 Å². The van der Waals surface area contributed by atoms with Crippen LogP contribution in [0.15, 0.2) is 0 Å². The van der Waals surface area contributed by atoms with Gasteiger partial charge in [-0.2, -0.15) is 0 Å². The van der Waals surface area contributed by atoms with Crippen molar-refractivity contribution in [2.45, 2.75) is 0 Å². The molecule has 0 fully saturated rings. The Hall–Kier alpha value is 2.39. The van der Waals surface area contributed by atoms with Crippen LogP contribution in [0.25, 0.3) is 0 Å². The summed E-state index contributed by atoms with van der Waals surface area (Å²) in [6.45, 7) is 0. The number of hydrogen-bond donors (Lipinski definition) is 0. The van der Waals surface area contributed by atoms with E-state index in [1.54, 1.807) is 0 Å². The number of hydrogen-bond acceptors (Lipinski definition) is 3. The molecule has 0 spiro atoms. The minimum atomic E-state index is -0.1000. The van der Waals surface area contributed by atoms with Gasteiger partial charge in [-0.25, -0.2) is 0 Å². The zero-order valence-corrected chi connectivity index (χ0v) is 13.3. The van der Waals surface area contributed by atoms with Gasteiger partial charge in [0.15, 0.2) is 0 Å². The van der Waals surface area contributed by atoms with E-state index >= 15 is 0 Å². The van der Waals surface area contributed by atoms with Crippen LogP contribution in [0.5, 0.6) is 0 Å². The van der Waals surface area contributed by atoms with Crippen molar-refractivity contribution in [1.82, 2.24) is 0 Å². The zero-order valence-electron chi connectivity index (χ0n) is 3.35. The molecular weight excluding hydrogens is 408 g/mol. The van der Waals surface area contributed by atoms with Crippen molar-refractivity contribution in [3.8, 4) is 0 Å². The third-order valence-electron chi connectivity index (χ3n) is 0. The van der Waals surface area contributed by atoms with Crippen LogP contribution in [-0.2, 0) is 46.5 Å². The van der Waals surface area contributed by atoms with Gasteiger partial charge in [-0.15, -0.1) is 0 Å². The van der Waals surface area contributed by atoms with Gasteiger partial charge in [0.1, 0.15) is 0 Å². The Morgan fingerprint density at radius 1 is 0.857 bits per heavy atom. The molecule has 0 aromatic carbocycles. The molecular formula is H4In2O3Zn2. The first-order valence-electron chi connectivity index (χ1n) is 0.866. The molecule has 0 aromatic rings. The Morgan fingerprint density at radius 2 is 0.857 bits per heavy atom. The topological polar surface area (TPSA) is 51.2 Å². The fourth-order valence-corrected chi connectivity index (χ4v) is 0. The summed E-state index contributed by atoms with van der Waals surface area (Å²) < 4.78 is 25.2. The molecule has 0 atom stereocenters. The summed E-state index contributed by atoms with van der Waals surface area (Å²) in [5.74, 6) is 0. The van der Waals surface area contributed by atoms with Crippen LogP contribution >= 0.6 is 0 Å². The summed E-state index contributed by atoms with van der Waals surface area (Å²) in [7, 11) is 0. The van der Waals surface area contributed by atoms with E-state index in [1.165, 1.54) is 0 Å². The molecule has 0 heterocycles. The van der Waals surface area contributed by atoms with E-state index in [2.05, 4.69) is 0 Å². The summed E-state index contributed by atoms with van der Waals surface area (Å²) in [6, 6.07) is 0. The maximum atomic E-state index is 8.42. The molecule has 0 aliphatic heterocycles. The van der Waals surface area contributed by atoms with Gasteiger partial charge in [0.25, 0.3) is 0 Å². The average Bonchev–Trinajstić information content (AvgIpc) is 1.81. The summed E-state index contributed by atoms with van der Waals surface area (Å²) >= 11 is 0.150. The van der Waals surface area contributed by atoms with Crippen molar-refractivity contribution in [1.29, 1.82) is 0 Å². The molecule has 0 radical (unpaired) electrons.